The minimum Gasteiger partial charge on any atom is -0.507 e. The Morgan fingerprint density at radius 3 is 2.56 bits per heavy atom. The fourth-order valence-corrected chi connectivity index (χ4v) is 1.17. The number of phenols is 1. The van der Waals surface area contributed by atoms with Crippen LogP contribution in [0, 0.1) is 0 Å². The van der Waals surface area contributed by atoms with Gasteiger partial charge in [-0.15, -0.1) is 0 Å². The molecule has 1 unspecified atom stereocenters. The van der Waals surface area contributed by atoms with Crippen LogP contribution in [0.15, 0.2) is 18.2 Å². The van der Waals surface area contributed by atoms with Gasteiger partial charge in [-0.2, -0.15) is 0 Å². The van der Waals surface area contributed by atoms with Gasteiger partial charge >= 0.3 is 5.97 Å². The van der Waals surface area contributed by atoms with Crippen LogP contribution in [0.4, 0.5) is 8.78 Å². The number of ether oxygens (including phenoxy) is 1. The first-order valence-corrected chi connectivity index (χ1v) is 4.34. The second-order valence-corrected chi connectivity index (χ2v) is 3.04. The van der Waals surface area contributed by atoms with Crippen molar-refractivity contribution in [1.82, 2.24) is 0 Å². The summed E-state index contributed by atoms with van der Waals surface area (Å²) in [5.41, 5.74) is -0.694. The smallest absolute Gasteiger partial charge is 0.339 e. The molecule has 88 valence electrons. The minimum atomic E-state index is -2.88. The zero-order valence-corrected chi connectivity index (χ0v) is 8.35. The van der Waals surface area contributed by atoms with Gasteiger partial charge in [-0.1, -0.05) is 6.07 Å². The molecule has 0 spiro atoms. The minimum absolute atomic E-state index is 0.0556. The van der Waals surface area contributed by atoms with Crippen LogP contribution in [-0.4, -0.2) is 23.3 Å². The Kier molecular flexibility index (Phi) is 3.78. The summed E-state index contributed by atoms with van der Waals surface area (Å²) in [4.78, 5) is 11.0. The fourth-order valence-electron chi connectivity index (χ4n) is 1.17. The normalized spacial score (nSPS) is 12.6. The molecule has 0 aliphatic carbocycles. The maximum absolute atomic E-state index is 12.4. The maximum atomic E-state index is 12.4. The fraction of sp³-hybridized carbons (Fsp3) is 0.300. The lowest BCUT2D eigenvalue weighted by atomic mass is 10.1. The first kappa shape index (κ1) is 12.4. The van der Waals surface area contributed by atoms with E-state index in [9.17, 15) is 18.7 Å². The third-order valence-electron chi connectivity index (χ3n) is 2.03. The van der Waals surface area contributed by atoms with Gasteiger partial charge in [0, 0.05) is 0 Å². The summed E-state index contributed by atoms with van der Waals surface area (Å²) in [5, 5.41) is 18.5. The number of aromatic hydroxyl groups is 1. The van der Waals surface area contributed by atoms with Gasteiger partial charge in [0.2, 0.25) is 0 Å². The van der Waals surface area contributed by atoms with Crippen molar-refractivity contribution in [3.63, 3.8) is 0 Å². The second-order valence-electron chi connectivity index (χ2n) is 3.04. The van der Waals surface area contributed by atoms with Gasteiger partial charge in [-0.3, -0.25) is 0 Å². The van der Waals surface area contributed by atoms with Crippen molar-refractivity contribution in [2.45, 2.75) is 12.5 Å². The van der Waals surface area contributed by atoms with Crippen LogP contribution in [0.1, 0.15) is 23.7 Å². The molecule has 0 aliphatic rings. The van der Waals surface area contributed by atoms with Crippen molar-refractivity contribution >= 4 is 5.97 Å². The summed E-state index contributed by atoms with van der Waals surface area (Å²) in [6, 6.07) is 3.02. The lowest BCUT2D eigenvalue weighted by molar-refractivity contribution is -0.150. The van der Waals surface area contributed by atoms with E-state index in [1.807, 2.05) is 0 Å². The van der Waals surface area contributed by atoms with Crippen LogP contribution in [0.5, 0.6) is 5.75 Å². The molecule has 2 N–H and O–H groups in total. The van der Waals surface area contributed by atoms with Gasteiger partial charge in [0.15, 0.2) is 6.10 Å². The molecule has 0 amide bonds. The number of rotatable bonds is 3. The van der Waals surface area contributed by atoms with Gasteiger partial charge < -0.3 is 14.9 Å². The lowest BCUT2D eigenvalue weighted by Crippen LogP contribution is -2.13. The average molecular weight is 232 g/mol. The summed E-state index contributed by atoms with van der Waals surface area (Å²) in [6.45, 7) is 0. The Morgan fingerprint density at radius 1 is 1.44 bits per heavy atom. The summed E-state index contributed by atoms with van der Waals surface area (Å²) in [6.07, 6.45) is -4.52. The molecule has 4 nitrogen and oxygen atoms in total. The first-order chi connectivity index (χ1) is 7.47. The molecule has 0 saturated carbocycles. The molecule has 0 aliphatic heterocycles. The number of alkyl halides is 2. The quantitative estimate of drug-likeness (QED) is 0.775. The van der Waals surface area contributed by atoms with Crippen LogP contribution in [0.25, 0.3) is 0 Å². The third-order valence-corrected chi connectivity index (χ3v) is 2.03. The van der Waals surface area contributed by atoms with Crippen LogP contribution in [0.2, 0.25) is 0 Å². The van der Waals surface area contributed by atoms with E-state index in [0.29, 0.717) is 0 Å². The predicted molar refractivity (Wildman–Crippen MR) is 50.0 cm³/mol. The monoisotopic (exact) mass is 232 g/mol. The Balaban J connectivity index is 3.07. The molecular formula is C10H10F2O4. The number of phenolic OH excluding ortho intramolecular Hbond substituents is 1. The van der Waals surface area contributed by atoms with Crippen molar-refractivity contribution in [1.29, 1.82) is 0 Å². The maximum Gasteiger partial charge on any atom is 0.339 e. The van der Waals surface area contributed by atoms with Crippen LogP contribution < -0.4 is 0 Å². The highest BCUT2D eigenvalue weighted by Gasteiger charge is 2.21. The molecule has 0 saturated heterocycles. The second kappa shape index (κ2) is 4.89. The van der Waals surface area contributed by atoms with Gasteiger partial charge in [0.25, 0.3) is 6.43 Å². The molecule has 0 radical (unpaired) electrons. The molecule has 0 aromatic heterocycles. The van der Waals surface area contributed by atoms with E-state index in [-0.39, 0.29) is 5.56 Å². The highest BCUT2D eigenvalue weighted by molar-refractivity contribution is 5.76. The van der Waals surface area contributed by atoms with Gasteiger partial charge in [0.1, 0.15) is 5.75 Å². The largest absolute Gasteiger partial charge is 0.507 e. The zero-order valence-electron chi connectivity index (χ0n) is 8.35. The Bertz CT molecular complexity index is 392. The number of hydrogen-bond donors (Lipinski definition) is 2. The van der Waals surface area contributed by atoms with Crippen molar-refractivity contribution < 1.29 is 28.5 Å². The van der Waals surface area contributed by atoms with Crippen molar-refractivity contribution in [2.75, 3.05) is 7.11 Å². The van der Waals surface area contributed by atoms with Gasteiger partial charge in [-0.25, -0.2) is 13.6 Å². The summed E-state index contributed by atoms with van der Waals surface area (Å²) >= 11 is 0. The number of aliphatic hydroxyl groups excluding tert-OH is 1. The Labute approximate surface area is 90.1 Å². The molecule has 0 bridgehead atoms. The summed E-state index contributed by atoms with van der Waals surface area (Å²) in [5.74, 6) is -1.54. The Morgan fingerprint density at radius 2 is 2.06 bits per heavy atom. The highest BCUT2D eigenvalue weighted by Crippen LogP contribution is 2.30. The van der Waals surface area contributed by atoms with E-state index < -0.39 is 29.8 Å². The molecule has 1 aromatic rings. The number of carbonyl (C=O) groups is 1. The van der Waals surface area contributed by atoms with Crippen LogP contribution in [0.3, 0.4) is 0 Å². The van der Waals surface area contributed by atoms with E-state index in [2.05, 4.69) is 4.74 Å². The number of aliphatic hydroxyl groups is 1. The van der Waals surface area contributed by atoms with E-state index in [1.165, 1.54) is 6.07 Å². The standard InChI is InChI=1S/C10H10F2O4/c1-16-10(15)8(14)5-2-3-7(13)6(4-5)9(11)12/h2-4,8-9,13-14H,1H3. The number of hydrogen-bond acceptors (Lipinski definition) is 4. The number of esters is 1. The predicted octanol–water partition coefficient (Wildman–Crippen LogP) is 1.54. The molecule has 16 heavy (non-hydrogen) atoms. The number of carbonyl (C=O) groups excluding carboxylic acids is 1. The first-order valence-electron chi connectivity index (χ1n) is 4.34. The van der Waals surface area contributed by atoms with Crippen molar-refractivity contribution in [3.8, 4) is 5.75 Å². The summed E-state index contributed by atoms with van der Waals surface area (Å²) in [7, 11) is 1.07. The topological polar surface area (TPSA) is 66.8 Å². The lowest BCUT2D eigenvalue weighted by Gasteiger charge is -2.11. The van der Waals surface area contributed by atoms with E-state index in [4.69, 9.17) is 5.11 Å². The van der Waals surface area contributed by atoms with E-state index in [1.54, 1.807) is 0 Å². The Hall–Kier alpha value is -1.69. The number of halogens is 2. The molecule has 1 aromatic carbocycles. The number of benzene rings is 1. The molecule has 1 atom stereocenters. The van der Waals surface area contributed by atoms with Gasteiger partial charge in [-0.05, 0) is 17.7 Å². The SMILES string of the molecule is COC(=O)C(O)c1ccc(O)c(C(F)F)c1. The van der Waals surface area contributed by atoms with E-state index >= 15 is 0 Å². The average Bonchev–Trinajstić information content (AvgIpc) is 2.27. The molecule has 6 heteroatoms. The molecular weight excluding hydrogens is 222 g/mol. The highest BCUT2D eigenvalue weighted by atomic mass is 19.3. The van der Waals surface area contributed by atoms with Crippen molar-refractivity contribution in [2.24, 2.45) is 0 Å². The molecule has 0 heterocycles. The molecule has 0 fully saturated rings. The molecule has 1 rings (SSSR count). The van der Waals surface area contributed by atoms with E-state index in [0.717, 1.165) is 19.2 Å². The van der Waals surface area contributed by atoms with Crippen molar-refractivity contribution in [3.05, 3.63) is 29.3 Å². The summed E-state index contributed by atoms with van der Waals surface area (Å²) < 4.78 is 29.1. The third kappa shape index (κ3) is 2.46. The zero-order chi connectivity index (χ0) is 12.3. The van der Waals surface area contributed by atoms with Crippen LogP contribution in [-0.2, 0) is 9.53 Å². The van der Waals surface area contributed by atoms with Gasteiger partial charge in [0.05, 0.1) is 12.7 Å². The van der Waals surface area contributed by atoms with Crippen LogP contribution >= 0.6 is 0 Å². The number of methoxy groups -OCH3 is 1.